The molecule has 0 spiro atoms. The highest BCUT2D eigenvalue weighted by Gasteiger charge is 2.24. The van der Waals surface area contributed by atoms with E-state index >= 15 is 0 Å². The van der Waals surface area contributed by atoms with Crippen LogP contribution in [-0.4, -0.2) is 79.6 Å². The lowest BCUT2D eigenvalue weighted by molar-refractivity contribution is 0.119. The molecule has 0 fully saturated rings. The van der Waals surface area contributed by atoms with Crippen LogP contribution < -0.4 is 56.8 Å². The number of rotatable bonds is 24. The summed E-state index contributed by atoms with van der Waals surface area (Å²) in [6, 6.07) is 46.8. The van der Waals surface area contributed by atoms with Gasteiger partial charge in [0.2, 0.25) is 0 Å². The molecule has 137 heavy (non-hydrogen) atoms. The van der Waals surface area contributed by atoms with E-state index in [1.807, 2.05) is 19.1 Å². The lowest BCUT2D eigenvalue weighted by atomic mass is 10.1. The van der Waals surface area contributed by atoms with Crippen LogP contribution in [0, 0.1) is 92.8 Å². The minimum absolute atomic E-state index is 0.0142. The number of para-hydroxylation sites is 1. The maximum absolute atomic E-state index is 13.9. The van der Waals surface area contributed by atoms with Crippen LogP contribution in [0.2, 0.25) is 35.2 Å². The lowest BCUT2D eigenvalue weighted by Gasteiger charge is -2.14. The number of halogens is 16. The average molecular weight is 2220 g/mol. The van der Waals surface area contributed by atoms with Crippen LogP contribution in [0.4, 0.5) is 59.5 Å². The molecule has 24 nitrogen and oxygen atoms in total. The Bertz CT molecular complexity index is 5560. The van der Waals surface area contributed by atoms with Gasteiger partial charge in [-0.2, -0.15) is 0 Å². The van der Waals surface area contributed by atoms with Gasteiger partial charge in [-0.1, -0.05) is 152 Å². The molecule has 0 aliphatic carbocycles. The number of aryl methyl sites for hydroxylation is 7. The summed E-state index contributed by atoms with van der Waals surface area (Å²) in [6.07, 6.45) is -5.25. The first-order valence-electron chi connectivity index (χ1n) is 39.4. The van der Waals surface area contributed by atoms with Crippen LogP contribution in [0.3, 0.4) is 0 Å². The second-order valence-electron chi connectivity index (χ2n) is 27.8. The number of ether oxygens (including phenoxy) is 18. The zero-order chi connectivity index (χ0) is 101. The second kappa shape index (κ2) is 55.3. The summed E-state index contributed by atoms with van der Waals surface area (Å²) in [7, 11) is 7.17. The molecule has 40 heteroatoms. The maximum Gasteiger partial charge on any atom is 0.513 e. The molecule has 12 aromatic carbocycles. The van der Waals surface area contributed by atoms with Crippen LogP contribution in [-0.2, 0) is 68.1 Å². The quantitative estimate of drug-likeness (QED) is 0.0179. The Labute approximate surface area is 839 Å². The summed E-state index contributed by atoms with van der Waals surface area (Å²) in [5.41, 5.74) is 7.16. The van der Waals surface area contributed by atoms with E-state index in [4.69, 9.17) is 138 Å². The normalized spacial score (nSPS) is 10.3. The van der Waals surface area contributed by atoms with Crippen LogP contribution >= 0.6 is 120 Å². The molecule has 0 saturated carbocycles. The van der Waals surface area contributed by atoms with Crippen molar-refractivity contribution in [3.8, 4) is 69.0 Å². The first-order valence-corrected chi connectivity index (χ1v) is 43.9. The molecule has 0 aliphatic rings. The van der Waals surface area contributed by atoms with Crippen LogP contribution in [0.1, 0.15) is 72.3 Å². The van der Waals surface area contributed by atoms with Gasteiger partial charge in [0.05, 0.1) is 58.8 Å². The Morgan fingerprint density at radius 2 is 0.496 bits per heavy atom. The predicted octanol–water partition coefficient (Wildman–Crippen LogP) is 29.5. The van der Waals surface area contributed by atoms with Gasteiger partial charge in [0, 0.05) is 96.8 Å². The van der Waals surface area contributed by atoms with E-state index in [1.165, 1.54) is 133 Å². The molecule has 0 radical (unpaired) electrons. The number of carbonyl (C=O) groups excluding carboxylic acids is 6. The van der Waals surface area contributed by atoms with Crippen LogP contribution in [0.15, 0.2) is 193 Å². The van der Waals surface area contributed by atoms with E-state index in [0.717, 1.165) is 16.2 Å². The number of hydrogen-bond donors (Lipinski definition) is 0. The first kappa shape index (κ1) is 112. The third-order valence-corrected chi connectivity index (χ3v) is 22.9. The third kappa shape index (κ3) is 34.5. The number of hydrogen-bond acceptors (Lipinski definition) is 24. The van der Waals surface area contributed by atoms with Gasteiger partial charge < -0.3 is 85.3 Å². The van der Waals surface area contributed by atoms with Gasteiger partial charge in [-0.15, -0.1) is 0 Å². The maximum atomic E-state index is 13.9. The fourth-order valence-electron chi connectivity index (χ4n) is 10.9. The van der Waals surface area contributed by atoms with E-state index in [1.54, 1.807) is 120 Å². The Balaban J connectivity index is 0.000000224. The van der Waals surface area contributed by atoms with Crippen molar-refractivity contribution in [2.75, 3.05) is 42.7 Å². The average Bonchev–Trinajstić information content (AvgIpc) is 0.837. The molecule has 0 amide bonds. The molecule has 12 rings (SSSR count). The molecule has 0 bridgehead atoms. The van der Waals surface area contributed by atoms with Crippen molar-refractivity contribution in [1.29, 1.82) is 0 Å². The molecule has 0 aliphatic heterocycles. The van der Waals surface area contributed by atoms with E-state index < -0.39 is 77.7 Å². The van der Waals surface area contributed by atoms with E-state index in [-0.39, 0.29) is 103 Å². The Morgan fingerprint density at radius 3 is 0.854 bits per heavy atom. The molecule has 0 saturated heterocycles. The Morgan fingerprint density at radius 1 is 0.248 bits per heavy atom. The summed E-state index contributed by atoms with van der Waals surface area (Å²) in [6.45, 7) is 11.6. The minimum Gasteiger partial charge on any atom is -0.486 e. The van der Waals surface area contributed by atoms with Gasteiger partial charge in [0.15, 0.2) is 69.4 Å². The second-order valence-corrected chi connectivity index (χ2v) is 32.7. The van der Waals surface area contributed by atoms with Gasteiger partial charge in [0.1, 0.15) is 80.0 Å². The van der Waals surface area contributed by atoms with Crippen molar-refractivity contribution < 1.29 is 145 Å². The summed E-state index contributed by atoms with van der Waals surface area (Å²) in [5, 5.41) is 2.65. The highest BCUT2D eigenvalue weighted by atomic mass is 127. The topological polar surface area (TPSA) is 269 Å². The fourth-order valence-corrected chi connectivity index (χ4v) is 13.1. The summed E-state index contributed by atoms with van der Waals surface area (Å²) >= 11 is 47.3. The van der Waals surface area contributed by atoms with Gasteiger partial charge >= 0.3 is 36.9 Å². The van der Waals surface area contributed by atoms with E-state index in [0.29, 0.717) is 112 Å². The molecule has 0 heterocycles. The molecular weight excluding hydrogens is 2140 g/mol. The van der Waals surface area contributed by atoms with Crippen molar-refractivity contribution in [3.05, 3.63) is 344 Å². The Hall–Kier alpha value is -12.2. The van der Waals surface area contributed by atoms with Gasteiger partial charge in [-0.25, -0.2) is 59.5 Å². The molecule has 0 aromatic heterocycles. The van der Waals surface area contributed by atoms with Crippen LogP contribution in [0.25, 0.3) is 0 Å². The summed E-state index contributed by atoms with van der Waals surface area (Å²) in [5.74, 6) is -2.68. The Kier molecular flexibility index (Phi) is 45.1. The van der Waals surface area contributed by atoms with Gasteiger partial charge in [-0.05, 0) is 207 Å². The van der Waals surface area contributed by atoms with E-state index in [2.05, 4.69) is 66.9 Å². The SMILES string of the molecule is COC(=O)Oc1cccc(Br)c1COc1cc(Cl)c(C)cc1F.COC(=O)Oc1cccc(C)c1COc1cc(Cl)c(C)cc1F.COC(=O)Oc1cccc(Cl)c1COc1cc(Cl)c(C)cc1F.COC(=O)Oc1cccc(F)c1COc1cc(Cl)c(C)cc1F.COC(=O)Oc1cccc(I)c1COc1cc(Cl)c(C)cc1F.COC(=O)Oc1ccccc1COc1cc(Cl)c(C)cc1F. The lowest BCUT2D eigenvalue weighted by Crippen LogP contribution is -2.11. The van der Waals surface area contributed by atoms with Gasteiger partial charge in [0.25, 0.3) is 0 Å². The summed E-state index contributed by atoms with van der Waals surface area (Å²) in [4.78, 5) is 67.5. The largest absolute Gasteiger partial charge is 0.513 e. The highest BCUT2D eigenvalue weighted by Crippen LogP contribution is 2.38. The van der Waals surface area contributed by atoms with Gasteiger partial charge in [-0.3, -0.25) is 0 Å². The van der Waals surface area contributed by atoms with Crippen molar-refractivity contribution >= 4 is 157 Å². The number of methoxy groups -OCH3 is 6. The zero-order valence-electron chi connectivity index (χ0n) is 74.5. The monoisotopic (exact) mass is 2210 g/mol. The zero-order valence-corrected chi connectivity index (χ0v) is 83.5. The van der Waals surface area contributed by atoms with Crippen LogP contribution in [0.5, 0.6) is 69.0 Å². The van der Waals surface area contributed by atoms with E-state index in [9.17, 15) is 59.5 Å². The highest BCUT2D eigenvalue weighted by molar-refractivity contribution is 14.1. The van der Waals surface area contributed by atoms with Crippen molar-refractivity contribution in [2.24, 2.45) is 0 Å². The van der Waals surface area contributed by atoms with Crippen molar-refractivity contribution in [3.63, 3.8) is 0 Å². The standard InChI is InChI=1S/C17H16ClFO4.C16H13BrClFO4.C16H13Cl2FO4.C16H13ClF2O4.C16H13ClFIO4.C16H14ClFO4/c1-10-5-4-6-15(23-17(20)21-3)12(10)9-22-16-8-13(18)11(2)7-14(16)19;2*1-9-6-13(19)15(7-12(9)18)22-8-10-11(17)4-3-5-14(10)23-16(20)21-2;1-9-6-13(19)15(7-11(9)17)22-8-10-12(18)4-3-5-14(10)23-16(20)21-2;1-9-6-12(18)15(7-11(9)17)22-8-10-13(19)4-3-5-14(10)23-16(20)21-2;1-10-7-13(18)15(8-12(10)17)21-9-11-5-3-4-6-14(11)22-16(19)20-2/h4-8H,9H2,1-3H3;4*3-7H,8H2,1-2H3;3-8H,9H2,1-2H3. The predicted molar refractivity (Wildman–Crippen MR) is 510 cm³/mol. The first-order chi connectivity index (χ1) is 65.1. The smallest absolute Gasteiger partial charge is 0.486 e. The number of benzene rings is 12. The molecule has 0 atom stereocenters. The third-order valence-electron chi connectivity index (χ3n) is 18.3. The minimum atomic E-state index is -0.999. The summed E-state index contributed by atoms with van der Waals surface area (Å²) < 4.78 is 188. The molecule has 0 N–H and O–H groups in total. The molecular formula is C97H82BrCl7F7IO24. The molecule has 0 unspecified atom stereocenters. The molecule has 12 aromatic rings. The van der Waals surface area contributed by atoms with Crippen molar-refractivity contribution in [1.82, 2.24) is 0 Å². The molecule has 726 valence electrons. The number of carbonyl (C=O) groups is 6. The van der Waals surface area contributed by atoms with Crippen molar-refractivity contribution in [2.45, 2.75) is 88.1 Å². The fraction of sp³-hybridized carbons (Fsp3) is 0.196.